The van der Waals surface area contributed by atoms with E-state index < -0.39 is 20.0 Å². The molecule has 3 atom stereocenters. The molecular formula is C76H155N2O6P. The molecule has 2 N–H and O–H groups in total. The summed E-state index contributed by atoms with van der Waals surface area (Å²) in [5.41, 5.74) is 0. The fourth-order valence-corrected chi connectivity index (χ4v) is 13.3. The number of hydrogen-bond donors (Lipinski definition) is 2. The van der Waals surface area contributed by atoms with Crippen molar-refractivity contribution in [3.8, 4) is 0 Å². The summed E-state index contributed by atoms with van der Waals surface area (Å²) in [5, 5.41) is 14.1. The molecule has 9 heteroatoms. The smallest absolute Gasteiger partial charge is 0.268 e. The number of carbonyl (C=O) groups is 1. The van der Waals surface area contributed by atoms with Crippen molar-refractivity contribution in [1.29, 1.82) is 0 Å². The second-order valence-electron chi connectivity index (χ2n) is 28.4. The lowest BCUT2D eigenvalue weighted by molar-refractivity contribution is -0.870. The van der Waals surface area contributed by atoms with E-state index in [2.05, 4.69) is 19.2 Å². The minimum atomic E-state index is -4.58. The van der Waals surface area contributed by atoms with Gasteiger partial charge >= 0.3 is 0 Å². The van der Waals surface area contributed by atoms with Crippen molar-refractivity contribution < 1.29 is 32.9 Å². The van der Waals surface area contributed by atoms with Gasteiger partial charge in [-0.05, 0) is 12.8 Å². The van der Waals surface area contributed by atoms with Crippen LogP contribution >= 0.6 is 7.82 Å². The quantitative estimate of drug-likeness (QED) is 0.0357. The number of quaternary nitrogens is 1. The monoisotopic (exact) mass is 1220 g/mol. The summed E-state index contributed by atoms with van der Waals surface area (Å²) in [5.74, 6) is -0.152. The van der Waals surface area contributed by atoms with Crippen LogP contribution in [-0.2, 0) is 18.4 Å². The van der Waals surface area contributed by atoms with Crippen molar-refractivity contribution >= 4 is 13.7 Å². The average molecular weight is 1220 g/mol. The first-order valence-electron chi connectivity index (χ1n) is 38.9. The Morgan fingerprint density at radius 2 is 0.576 bits per heavy atom. The molecule has 0 bridgehead atoms. The van der Waals surface area contributed by atoms with E-state index in [0.717, 1.165) is 38.5 Å². The summed E-state index contributed by atoms with van der Waals surface area (Å²) in [6, 6.07) is -0.798. The summed E-state index contributed by atoms with van der Waals surface area (Å²) in [7, 11) is 1.33. The molecule has 0 aliphatic carbocycles. The lowest BCUT2D eigenvalue weighted by Crippen LogP contribution is -2.46. The van der Waals surface area contributed by atoms with Crippen molar-refractivity contribution in [3.63, 3.8) is 0 Å². The summed E-state index contributed by atoms with van der Waals surface area (Å²) in [6.45, 7) is 4.81. The number of unbranched alkanes of at least 4 members (excludes halogenated alkanes) is 61. The van der Waals surface area contributed by atoms with Crippen molar-refractivity contribution in [2.45, 2.75) is 443 Å². The van der Waals surface area contributed by atoms with Gasteiger partial charge in [0.2, 0.25) is 5.91 Å². The highest BCUT2D eigenvalue weighted by atomic mass is 31.2. The van der Waals surface area contributed by atoms with Gasteiger partial charge in [0, 0.05) is 6.42 Å². The molecule has 1 amide bonds. The first kappa shape index (κ1) is 84.5. The first-order valence-corrected chi connectivity index (χ1v) is 40.3. The lowest BCUT2D eigenvalue weighted by atomic mass is 10.0. The number of nitrogens with one attached hydrogen (secondary N) is 1. The molecule has 0 aliphatic rings. The highest BCUT2D eigenvalue weighted by Crippen LogP contribution is 2.38. The van der Waals surface area contributed by atoms with Gasteiger partial charge in [-0.1, -0.05) is 412 Å². The van der Waals surface area contributed by atoms with Gasteiger partial charge in [-0.3, -0.25) is 9.36 Å². The zero-order chi connectivity index (χ0) is 61.9. The number of carbonyl (C=O) groups excluding carboxylic acids is 1. The molecule has 0 aromatic rings. The normalized spacial score (nSPS) is 13.4. The Morgan fingerprint density at radius 1 is 0.365 bits per heavy atom. The molecule has 85 heavy (non-hydrogen) atoms. The molecule has 510 valence electrons. The van der Waals surface area contributed by atoms with Crippen molar-refractivity contribution in [3.05, 3.63) is 0 Å². The number of aliphatic hydroxyl groups is 1. The van der Waals surface area contributed by atoms with Crippen LogP contribution in [0, 0.1) is 0 Å². The van der Waals surface area contributed by atoms with Crippen molar-refractivity contribution in [1.82, 2.24) is 5.32 Å². The SMILES string of the molecule is CCCCCCCCCCCCCCCCCCCCCCCCCCCCCCCCCCCCC(=O)NC(COP(=O)([O-])OCC[N+](C)(C)C)C(O)CCCCCCCCCCCCCCCCCCCCCCCCCCCCCCC. The minimum absolute atomic E-state index is 0.0171. The Labute approximate surface area is 533 Å². The number of likely N-dealkylation sites (N-methyl/N-ethyl adjacent to an activating group) is 1. The zero-order valence-corrected chi connectivity index (χ0v) is 59.5. The maximum atomic E-state index is 13.1. The fraction of sp³-hybridized carbons (Fsp3) is 0.987. The Kier molecular flexibility index (Phi) is 67.5. The Balaban J connectivity index is 3.91. The van der Waals surface area contributed by atoms with E-state index >= 15 is 0 Å². The zero-order valence-electron chi connectivity index (χ0n) is 58.6. The molecular weight excluding hydrogens is 1070 g/mol. The Hall–Kier alpha value is -0.500. The predicted octanol–water partition coefficient (Wildman–Crippen LogP) is 24.4. The van der Waals surface area contributed by atoms with E-state index in [4.69, 9.17) is 9.05 Å². The molecule has 0 aromatic carbocycles. The van der Waals surface area contributed by atoms with Crippen molar-refractivity contribution in [2.75, 3.05) is 40.9 Å². The molecule has 8 nitrogen and oxygen atoms in total. The highest BCUT2D eigenvalue weighted by Gasteiger charge is 2.24. The van der Waals surface area contributed by atoms with Gasteiger partial charge in [-0.2, -0.15) is 0 Å². The molecule has 3 unspecified atom stereocenters. The van der Waals surface area contributed by atoms with E-state index in [1.54, 1.807) is 0 Å². The van der Waals surface area contributed by atoms with Gasteiger partial charge in [0.25, 0.3) is 7.82 Å². The third-order valence-electron chi connectivity index (χ3n) is 18.6. The number of phosphoric acid groups is 1. The largest absolute Gasteiger partial charge is 0.756 e. The highest BCUT2D eigenvalue weighted by molar-refractivity contribution is 7.45. The van der Waals surface area contributed by atoms with Gasteiger partial charge in [0.1, 0.15) is 13.2 Å². The van der Waals surface area contributed by atoms with E-state index in [9.17, 15) is 19.4 Å². The molecule has 0 aliphatic heterocycles. The number of amides is 1. The van der Waals surface area contributed by atoms with Gasteiger partial charge in [0.15, 0.2) is 0 Å². The second kappa shape index (κ2) is 67.9. The molecule has 0 radical (unpaired) electrons. The molecule has 0 saturated carbocycles. The van der Waals surface area contributed by atoms with E-state index in [1.165, 1.54) is 366 Å². The maximum Gasteiger partial charge on any atom is 0.268 e. The summed E-state index contributed by atoms with van der Waals surface area (Å²) in [6.07, 6.45) is 86.5. The van der Waals surface area contributed by atoms with Gasteiger partial charge in [0.05, 0.1) is 39.9 Å². The van der Waals surface area contributed by atoms with E-state index in [0.29, 0.717) is 23.9 Å². The van der Waals surface area contributed by atoms with Gasteiger partial charge in [-0.15, -0.1) is 0 Å². The fourth-order valence-electron chi connectivity index (χ4n) is 12.6. The van der Waals surface area contributed by atoms with Crippen LogP contribution in [-0.4, -0.2) is 68.5 Å². The van der Waals surface area contributed by atoms with Crippen LogP contribution in [0.4, 0.5) is 0 Å². The molecule has 0 saturated heterocycles. The molecule has 0 fully saturated rings. The Bertz CT molecular complexity index is 1350. The second-order valence-corrected chi connectivity index (χ2v) is 29.8. The van der Waals surface area contributed by atoms with Crippen LogP contribution < -0.4 is 10.2 Å². The lowest BCUT2D eigenvalue weighted by Gasteiger charge is -2.30. The third-order valence-corrected chi connectivity index (χ3v) is 19.6. The number of phosphoric ester groups is 1. The standard InChI is InChI=1S/C76H155N2O6P/c1-6-8-10-12-14-16-18-20-22-24-26-28-30-32-34-36-37-38-39-40-42-44-46-48-50-52-54-56-58-60-62-64-66-68-70-76(80)77-74(73-84-85(81,82)83-72-71-78(3,4)5)75(79)69-67-65-63-61-59-57-55-53-51-49-47-45-43-41-35-33-31-29-27-25-23-21-19-17-15-13-11-9-7-2/h74-75,79H,6-73H2,1-5H3,(H-,77,80,81,82). The van der Waals surface area contributed by atoms with Crippen LogP contribution in [0.5, 0.6) is 0 Å². The molecule has 0 spiro atoms. The summed E-state index contributed by atoms with van der Waals surface area (Å²) >= 11 is 0. The Morgan fingerprint density at radius 3 is 0.800 bits per heavy atom. The average Bonchev–Trinajstić information content (AvgIpc) is 3.49. The maximum absolute atomic E-state index is 13.1. The van der Waals surface area contributed by atoms with Gasteiger partial charge < -0.3 is 28.8 Å². The van der Waals surface area contributed by atoms with Crippen LogP contribution in [0.2, 0.25) is 0 Å². The van der Waals surface area contributed by atoms with E-state index in [-0.39, 0.29) is 19.1 Å². The minimum Gasteiger partial charge on any atom is -0.756 e. The van der Waals surface area contributed by atoms with Crippen LogP contribution in [0.3, 0.4) is 0 Å². The van der Waals surface area contributed by atoms with Crippen molar-refractivity contribution in [2.24, 2.45) is 0 Å². The number of nitrogens with zero attached hydrogens (tertiary/aromatic N) is 1. The van der Waals surface area contributed by atoms with Gasteiger partial charge in [-0.25, -0.2) is 0 Å². The number of rotatable bonds is 74. The predicted molar refractivity (Wildman–Crippen MR) is 372 cm³/mol. The molecule has 0 rings (SSSR count). The molecule has 0 aromatic heterocycles. The summed E-state index contributed by atoms with van der Waals surface area (Å²) < 4.78 is 23.6. The number of aliphatic hydroxyl groups excluding tert-OH is 1. The molecule has 0 heterocycles. The van der Waals surface area contributed by atoms with Crippen LogP contribution in [0.25, 0.3) is 0 Å². The topological polar surface area (TPSA) is 108 Å². The first-order chi connectivity index (χ1) is 41.5. The van der Waals surface area contributed by atoms with Crippen LogP contribution in [0.15, 0.2) is 0 Å². The number of hydrogen-bond acceptors (Lipinski definition) is 6. The van der Waals surface area contributed by atoms with E-state index in [1.807, 2.05) is 21.1 Å². The van der Waals surface area contributed by atoms with Crippen LogP contribution in [0.1, 0.15) is 431 Å². The third kappa shape index (κ3) is 70.8. The summed E-state index contributed by atoms with van der Waals surface area (Å²) in [4.78, 5) is 25.7.